The van der Waals surface area contributed by atoms with Crippen molar-refractivity contribution >= 4 is 17.8 Å². The summed E-state index contributed by atoms with van der Waals surface area (Å²) in [5, 5.41) is 4.62. The van der Waals surface area contributed by atoms with Crippen molar-refractivity contribution in [1.82, 2.24) is 15.5 Å². The Kier molecular flexibility index (Phi) is 4.80. The third-order valence-corrected chi connectivity index (χ3v) is 4.14. The van der Waals surface area contributed by atoms with E-state index >= 15 is 0 Å². The molecule has 0 bridgehead atoms. The van der Waals surface area contributed by atoms with Crippen LogP contribution in [0.5, 0.6) is 0 Å². The van der Waals surface area contributed by atoms with E-state index in [4.69, 9.17) is 0 Å². The molecule has 0 spiro atoms. The molecule has 0 radical (unpaired) electrons. The number of rotatable bonds is 2. The van der Waals surface area contributed by atoms with E-state index in [2.05, 4.69) is 44.5 Å². The number of amides is 3. The molecule has 1 aromatic rings. The van der Waals surface area contributed by atoms with Crippen LogP contribution < -0.4 is 10.6 Å². The predicted molar refractivity (Wildman–Crippen MR) is 91.7 cm³/mol. The molecule has 1 atom stereocenters. The summed E-state index contributed by atoms with van der Waals surface area (Å²) in [5.74, 6) is 6.37. The minimum Gasteiger partial charge on any atom is -0.356 e. The number of amidine groups is 1. The maximum absolute atomic E-state index is 11.4. The molecule has 2 saturated heterocycles. The highest BCUT2D eigenvalue weighted by Gasteiger charge is 2.27. The monoisotopic (exact) mass is 324 g/mol. The number of hydrogen-bond donors (Lipinski definition) is 2. The SMILES string of the molecule is CN=C(c1ccc(CC#C[C@@H]2NC(=O)NC2=O)cc1)N1CCCC1. The molecule has 1 aromatic carbocycles. The fourth-order valence-corrected chi connectivity index (χ4v) is 2.93. The number of hydrogen-bond acceptors (Lipinski definition) is 3. The van der Waals surface area contributed by atoms with Crippen LogP contribution in [0.2, 0.25) is 0 Å². The van der Waals surface area contributed by atoms with Crippen molar-refractivity contribution in [3.05, 3.63) is 35.4 Å². The molecule has 2 aliphatic rings. The number of imide groups is 1. The lowest BCUT2D eigenvalue weighted by molar-refractivity contribution is -0.119. The van der Waals surface area contributed by atoms with Gasteiger partial charge in [-0.05, 0) is 18.4 Å². The van der Waals surface area contributed by atoms with E-state index in [1.165, 1.54) is 12.8 Å². The summed E-state index contributed by atoms with van der Waals surface area (Å²) < 4.78 is 0. The first-order valence-electron chi connectivity index (χ1n) is 8.08. The van der Waals surface area contributed by atoms with Gasteiger partial charge in [0.05, 0.1) is 0 Å². The molecule has 3 amide bonds. The summed E-state index contributed by atoms with van der Waals surface area (Å²) in [4.78, 5) is 29.1. The molecule has 6 nitrogen and oxygen atoms in total. The molecule has 0 aromatic heterocycles. The summed E-state index contributed by atoms with van der Waals surface area (Å²) in [6.45, 7) is 2.13. The number of aliphatic imine (C=N–C) groups is 1. The van der Waals surface area contributed by atoms with E-state index in [-0.39, 0.29) is 0 Å². The second kappa shape index (κ2) is 7.18. The van der Waals surface area contributed by atoms with E-state index in [0.29, 0.717) is 6.42 Å². The van der Waals surface area contributed by atoms with Crippen molar-refractivity contribution in [3.8, 4) is 11.8 Å². The van der Waals surface area contributed by atoms with Crippen molar-refractivity contribution in [2.45, 2.75) is 25.3 Å². The van der Waals surface area contributed by atoms with Crippen LogP contribution in [0.25, 0.3) is 0 Å². The van der Waals surface area contributed by atoms with Gasteiger partial charge in [-0.2, -0.15) is 0 Å². The van der Waals surface area contributed by atoms with Gasteiger partial charge in [-0.15, -0.1) is 0 Å². The molecule has 3 rings (SSSR count). The first kappa shape index (κ1) is 16.1. The van der Waals surface area contributed by atoms with Gasteiger partial charge in [0, 0.05) is 32.1 Å². The largest absolute Gasteiger partial charge is 0.356 e. The first-order valence-corrected chi connectivity index (χ1v) is 8.08. The minimum atomic E-state index is -0.745. The topological polar surface area (TPSA) is 73.8 Å². The van der Waals surface area contributed by atoms with Gasteiger partial charge in [-0.25, -0.2) is 4.79 Å². The Morgan fingerprint density at radius 1 is 1.25 bits per heavy atom. The molecule has 0 unspecified atom stereocenters. The third-order valence-electron chi connectivity index (χ3n) is 4.14. The van der Waals surface area contributed by atoms with Gasteiger partial charge in [0.15, 0.2) is 6.04 Å². The smallest absolute Gasteiger partial charge is 0.322 e. The summed E-state index contributed by atoms with van der Waals surface area (Å²) >= 11 is 0. The normalized spacial score (nSPS) is 20.5. The lowest BCUT2D eigenvalue weighted by atomic mass is 10.1. The number of nitrogens with one attached hydrogen (secondary N) is 2. The second-order valence-corrected chi connectivity index (χ2v) is 5.83. The Morgan fingerprint density at radius 3 is 2.54 bits per heavy atom. The summed E-state index contributed by atoms with van der Waals surface area (Å²) in [5.41, 5.74) is 2.17. The zero-order valence-electron chi connectivity index (χ0n) is 13.6. The molecule has 2 heterocycles. The van der Waals surface area contributed by atoms with Crippen LogP contribution in [0.3, 0.4) is 0 Å². The number of nitrogens with zero attached hydrogens (tertiary/aromatic N) is 2. The van der Waals surface area contributed by atoms with Gasteiger partial charge in [0.2, 0.25) is 0 Å². The van der Waals surface area contributed by atoms with Crippen molar-refractivity contribution < 1.29 is 9.59 Å². The Labute approximate surface area is 141 Å². The van der Waals surface area contributed by atoms with Crippen molar-refractivity contribution in [2.24, 2.45) is 4.99 Å². The van der Waals surface area contributed by atoms with Crippen LogP contribution >= 0.6 is 0 Å². The average molecular weight is 324 g/mol. The van der Waals surface area contributed by atoms with Crippen LogP contribution in [0, 0.1) is 11.8 Å². The van der Waals surface area contributed by atoms with Gasteiger partial charge in [-0.3, -0.25) is 15.1 Å². The van der Waals surface area contributed by atoms with Gasteiger partial charge in [0.1, 0.15) is 5.84 Å². The third kappa shape index (κ3) is 3.57. The van der Waals surface area contributed by atoms with Crippen molar-refractivity contribution in [1.29, 1.82) is 0 Å². The van der Waals surface area contributed by atoms with Crippen LogP contribution in [0.1, 0.15) is 24.0 Å². The highest BCUT2D eigenvalue weighted by Crippen LogP contribution is 2.14. The Hall–Kier alpha value is -2.81. The Balaban J connectivity index is 1.63. The quantitative estimate of drug-likeness (QED) is 0.368. The van der Waals surface area contributed by atoms with E-state index in [0.717, 1.165) is 30.1 Å². The highest BCUT2D eigenvalue weighted by atomic mass is 16.2. The minimum absolute atomic E-state index is 0.391. The number of likely N-dealkylation sites (tertiary alicyclic amines) is 1. The fourth-order valence-electron chi connectivity index (χ4n) is 2.93. The van der Waals surface area contributed by atoms with Crippen molar-refractivity contribution in [3.63, 3.8) is 0 Å². The molecule has 24 heavy (non-hydrogen) atoms. The van der Waals surface area contributed by atoms with Crippen LogP contribution in [-0.4, -0.2) is 48.9 Å². The molecule has 2 fully saturated rings. The van der Waals surface area contributed by atoms with Gasteiger partial charge in [0.25, 0.3) is 5.91 Å². The lowest BCUT2D eigenvalue weighted by Gasteiger charge is -2.20. The maximum atomic E-state index is 11.4. The zero-order chi connectivity index (χ0) is 16.9. The number of carbonyl (C=O) groups excluding carboxylic acids is 2. The number of benzene rings is 1. The molecule has 0 aliphatic carbocycles. The molecular formula is C18H20N4O2. The summed E-state index contributed by atoms with van der Waals surface area (Å²) in [6.07, 6.45) is 2.97. The van der Waals surface area contributed by atoms with E-state index in [1.807, 2.05) is 19.2 Å². The Bertz CT molecular complexity index is 722. The van der Waals surface area contributed by atoms with Crippen LogP contribution in [0.15, 0.2) is 29.3 Å². The Morgan fingerprint density at radius 2 is 1.96 bits per heavy atom. The average Bonchev–Trinajstić information content (AvgIpc) is 3.20. The molecule has 124 valence electrons. The predicted octanol–water partition coefficient (Wildman–Crippen LogP) is 0.913. The van der Waals surface area contributed by atoms with Gasteiger partial charge >= 0.3 is 6.03 Å². The number of urea groups is 1. The molecule has 6 heteroatoms. The standard InChI is InChI=1S/C18H20N4O2/c1-19-16(22-11-2-3-12-22)14-9-7-13(8-10-14)5-4-6-15-17(23)21-18(24)20-15/h7-10,15H,2-3,5,11-12H2,1H3,(H2,20,21,23,24)/t15-/m0/s1. The number of carbonyl (C=O) groups is 2. The summed E-state index contributed by atoms with van der Waals surface area (Å²) in [7, 11) is 1.83. The van der Waals surface area contributed by atoms with Gasteiger partial charge in [-0.1, -0.05) is 36.1 Å². The van der Waals surface area contributed by atoms with Crippen LogP contribution in [0.4, 0.5) is 4.79 Å². The first-order chi connectivity index (χ1) is 11.7. The molecule has 0 saturated carbocycles. The summed E-state index contributed by atoms with van der Waals surface area (Å²) in [6, 6.07) is 6.93. The van der Waals surface area contributed by atoms with Crippen molar-refractivity contribution in [2.75, 3.05) is 20.1 Å². The van der Waals surface area contributed by atoms with E-state index in [9.17, 15) is 9.59 Å². The lowest BCUT2D eigenvalue weighted by Crippen LogP contribution is -2.28. The van der Waals surface area contributed by atoms with Gasteiger partial charge < -0.3 is 10.2 Å². The van der Waals surface area contributed by atoms with E-state index < -0.39 is 18.0 Å². The van der Waals surface area contributed by atoms with E-state index in [1.54, 1.807) is 0 Å². The second-order valence-electron chi connectivity index (χ2n) is 5.83. The molecule has 2 aliphatic heterocycles. The highest BCUT2D eigenvalue weighted by molar-refractivity contribution is 6.05. The maximum Gasteiger partial charge on any atom is 0.322 e. The fraction of sp³-hybridized carbons (Fsp3) is 0.389. The zero-order valence-corrected chi connectivity index (χ0v) is 13.6. The molecular weight excluding hydrogens is 304 g/mol. The molecule has 2 N–H and O–H groups in total. The van der Waals surface area contributed by atoms with Crippen LogP contribution in [-0.2, 0) is 11.2 Å².